The fraction of sp³-hybridized carbons (Fsp3) is 0.667. The molecule has 21 heavy (non-hydrogen) atoms. The van der Waals surface area contributed by atoms with Gasteiger partial charge in [0.05, 0.1) is 16.8 Å². The number of amides is 1. The van der Waals surface area contributed by atoms with Crippen molar-refractivity contribution in [3.63, 3.8) is 0 Å². The molecule has 116 valence electrons. The molecule has 1 atom stereocenters. The molecule has 0 radical (unpaired) electrons. The molecule has 1 aromatic rings. The summed E-state index contributed by atoms with van der Waals surface area (Å²) < 4.78 is 25.0. The lowest BCUT2D eigenvalue weighted by atomic mass is 9.86. The standard InChI is InChI=1S/C12H20BN3O4S/c1-11(2)12(3,4)20-13(19-11)9-7-16(8-14-9)21(18)10(17)15(5)6/h7-8H,1-6H3. The SMILES string of the molecule is CN(C)C(=O)S(=O)n1cnc(B2OC(C)(C)C(C)(C)O2)c1. The molecular weight excluding hydrogens is 293 g/mol. The van der Waals surface area contributed by atoms with Gasteiger partial charge in [0.2, 0.25) is 11.0 Å². The molecule has 0 bridgehead atoms. The molecule has 1 saturated heterocycles. The second kappa shape index (κ2) is 5.22. The zero-order valence-electron chi connectivity index (χ0n) is 13.1. The molecule has 0 spiro atoms. The van der Waals surface area contributed by atoms with Crippen molar-refractivity contribution < 1.29 is 18.3 Å². The van der Waals surface area contributed by atoms with E-state index in [1.54, 1.807) is 14.1 Å². The third kappa shape index (κ3) is 2.90. The summed E-state index contributed by atoms with van der Waals surface area (Å²) in [4.78, 5) is 17.1. The Labute approximate surface area is 127 Å². The summed E-state index contributed by atoms with van der Waals surface area (Å²) in [6.07, 6.45) is 2.86. The highest BCUT2D eigenvalue weighted by Crippen LogP contribution is 2.36. The Morgan fingerprint density at radius 3 is 2.29 bits per heavy atom. The smallest absolute Gasteiger partial charge is 0.398 e. The lowest BCUT2D eigenvalue weighted by molar-refractivity contribution is 0.00578. The van der Waals surface area contributed by atoms with Crippen molar-refractivity contribution >= 4 is 28.9 Å². The first-order valence-electron chi connectivity index (χ1n) is 6.58. The number of aromatic nitrogens is 2. The molecule has 1 aromatic heterocycles. The van der Waals surface area contributed by atoms with Gasteiger partial charge in [-0.25, -0.2) is 13.2 Å². The zero-order valence-corrected chi connectivity index (χ0v) is 13.9. The topological polar surface area (TPSA) is 73.7 Å². The van der Waals surface area contributed by atoms with E-state index < -0.39 is 34.5 Å². The zero-order chi connectivity index (χ0) is 16.0. The summed E-state index contributed by atoms with van der Waals surface area (Å²) in [5.74, 6) is 0. The van der Waals surface area contributed by atoms with E-state index in [4.69, 9.17) is 9.31 Å². The predicted octanol–water partition coefficient (Wildman–Crippen LogP) is 0.376. The molecule has 7 nitrogen and oxygen atoms in total. The van der Waals surface area contributed by atoms with Crippen LogP contribution in [0.4, 0.5) is 4.79 Å². The van der Waals surface area contributed by atoms with Crippen molar-refractivity contribution in [2.75, 3.05) is 14.1 Å². The minimum absolute atomic E-state index is 0.472. The van der Waals surface area contributed by atoms with Gasteiger partial charge in [-0.05, 0) is 27.7 Å². The van der Waals surface area contributed by atoms with Gasteiger partial charge in [0.15, 0.2) is 0 Å². The van der Waals surface area contributed by atoms with Gasteiger partial charge in [-0.1, -0.05) is 0 Å². The molecule has 2 rings (SSSR count). The highest BCUT2D eigenvalue weighted by Gasteiger charge is 2.52. The van der Waals surface area contributed by atoms with Crippen molar-refractivity contribution in [2.45, 2.75) is 38.9 Å². The van der Waals surface area contributed by atoms with Crippen molar-refractivity contribution in [3.05, 3.63) is 12.5 Å². The highest BCUT2D eigenvalue weighted by atomic mass is 32.2. The minimum atomic E-state index is -1.85. The summed E-state index contributed by atoms with van der Waals surface area (Å²) in [6.45, 7) is 7.77. The summed E-state index contributed by atoms with van der Waals surface area (Å²) in [7, 11) is 0.614. The van der Waals surface area contributed by atoms with E-state index in [9.17, 15) is 9.00 Å². The first kappa shape index (κ1) is 16.2. The largest absolute Gasteiger partial charge is 0.516 e. The van der Waals surface area contributed by atoms with Crippen molar-refractivity contribution in [1.82, 2.24) is 13.9 Å². The summed E-state index contributed by atoms with van der Waals surface area (Å²) >= 11 is 0. The van der Waals surface area contributed by atoms with E-state index in [-0.39, 0.29) is 0 Å². The number of nitrogens with zero attached hydrogens (tertiary/aromatic N) is 3. The highest BCUT2D eigenvalue weighted by molar-refractivity contribution is 7.98. The monoisotopic (exact) mass is 313 g/mol. The molecule has 0 aromatic carbocycles. The predicted molar refractivity (Wildman–Crippen MR) is 80.6 cm³/mol. The normalized spacial score (nSPS) is 21.3. The van der Waals surface area contributed by atoms with Gasteiger partial charge in [-0.3, -0.25) is 4.79 Å². The fourth-order valence-corrected chi connectivity index (χ4v) is 2.57. The van der Waals surface area contributed by atoms with Gasteiger partial charge in [-0.2, -0.15) is 0 Å². The Morgan fingerprint density at radius 1 is 1.29 bits per heavy atom. The van der Waals surface area contributed by atoms with Crippen LogP contribution in [-0.4, -0.2) is 55.7 Å². The number of imidazole rings is 1. The van der Waals surface area contributed by atoms with E-state index in [0.29, 0.717) is 5.59 Å². The Kier molecular flexibility index (Phi) is 4.03. The van der Waals surface area contributed by atoms with Gasteiger partial charge >= 0.3 is 12.4 Å². The molecule has 1 amide bonds. The Hall–Kier alpha value is -1.19. The summed E-state index contributed by atoms with van der Waals surface area (Å²) in [5.41, 5.74) is -0.450. The van der Waals surface area contributed by atoms with Gasteiger partial charge in [0.1, 0.15) is 6.33 Å². The van der Waals surface area contributed by atoms with Crippen molar-refractivity contribution in [1.29, 1.82) is 0 Å². The average Bonchev–Trinajstić information content (AvgIpc) is 2.91. The second-order valence-electron chi connectivity index (χ2n) is 6.16. The molecule has 1 aliphatic rings. The average molecular weight is 313 g/mol. The molecule has 0 saturated carbocycles. The third-order valence-corrected chi connectivity index (χ3v) is 5.03. The third-order valence-electron chi connectivity index (χ3n) is 3.78. The van der Waals surface area contributed by atoms with Crippen LogP contribution in [0.2, 0.25) is 0 Å². The van der Waals surface area contributed by atoms with Crippen LogP contribution in [0, 0.1) is 0 Å². The van der Waals surface area contributed by atoms with Crippen molar-refractivity contribution in [3.8, 4) is 0 Å². The first-order valence-corrected chi connectivity index (χ1v) is 7.69. The number of carbonyl (C=O) groups excluding carboxylic acids is 1. The maximum absolute atomic E-state index is 12.0. The molecule has 1 fully saturated rings. The number of carbonyl (C=O) groups is 1. The maximum atomic E-state index is 12.0. The number of hydrogen-bond donors (Lipinski definition) is 0. The van der Waals surface area contributed by atoms with E-state index in [1.807, 2.05) is 27.7 Å². The minimum Gasteiger partial charge on any atom is -0.398 e. The van der Waals surface area contributed by atoms with Crippen LogP contribution in [-0.2, 0) is 20.3 Å². The second-order valence-corrected chi connectivity index (χ2v) is 7.43. The molecule has 9 heteroatoms. The lowest BCUT2D eigenvalue weighted by Gasteiger charge is -2.32. The molecule has 0 N–H and O–H groups in total. The van der Waals surface area contributed by atoms with E-state index in [1.165, 1.54) is 21.4 Å². The molecule has 1 aliphatic heterocycles. The van der Waals surface area contributed by atoms with E-state index >= 15 is 0 Å². The number of hydrogen-bond acceptors (Lipinski definition) is 5. The Bertz CT molecular complexity index is 569. The van der Waals surface area contributed by atoms with Crippen molar-refractivity contribution in [2.24, 2.45) is 0 Å². The van der Waals surface area contributed by atoms with Crippen LogP contribution in [0.15, 0.2) is 12.5 Å². The van der Waals surface area contributed by atoms with E-state index in [0.717, 1.165) is 0 Å². The van der Waals surface area contributed by atoms with Gasteiger partial charge in [0.25, 0.3) is 0 Å². The first-order chi connectivity index (χ1) is 9.55. The molecule has 2 heterocycles. The van der Waals surface area contributed by atoms with Crippen LogP contribution in [0.25, 0.3) is 0 Å². The van der Waals surface area contributed by atoms with Crippen LogP contribution >= 0.6 is 0 Å². The molecule has 0 aliphatic carbocycles. The van der Waals surface area contributed by atoms with Gasteiger partial charge in [-0.15, -0.1) is 0 Å². The summed E-state index contributed by atoms with van der Waals surface area (Å²) in [5, 5.41) is -0.507. The van der Waals surface area contributed by atoms with Crippen LogP contribution in [0.5, 0.6) is 0 Å². The van der Waals surface area contributed by atoms with Gasteiger partial charge in [0, 0.05) is 20.3 Å². The maximum Gasteiger partial charge on any atom is 0.516 e. The molecule has 1 unspecified atom stereocenters. The summed E-state index contributed by atoms with van der Waals surface area (Å²) in [6, 6.07) is 0. The van der Waals surface area contributed by atoms with Crippen LogP contribution in [0.1, 0.15) is 27.7 Å². The quantitative estimate of drug-likeness (QED) is 0.738. The van der Waals surface area contributed by atoms with E-state index in [2.05, 4.69) is 4.98 Å². The fourth-order valence-electron chi connectivity index (χ4n) is 1.74. The number of rotatable bonds is 2. The van der Waals surface area contributed by atoms with Crippen LogP contribution < -0.4 is 5.59 Å². The van der Waals surface area contributed by atoms with Crippen LogP contribution in [0.3, 0.4) is 0 Å². The van der Waals surface area contributed by atoms with Gasteiger partial charge < -0.3 is 14.2 Å². The Morgan fingerprint density at radius 2 is 1.81 bits per heavy atom. The molecular formula is C12H20BN3O4S. The lowest BCUT2D eigenvalue weighted by Crippen LogP contribution is -2.41. The Balaban J connectivity index is 2.19.